The highest BCUT2D eigenvalue weighted by atomic mass is 16.3. The second kappa shape index (κ2) is 57.1. The minimum absolute atomic E-state index is 0.0693. The number of aliphatic hydroxyl groups is 2. The maximum absolute atomic E-state index is 12.4. The average Bonchev–Trinajstić information content (AvgIpc) is 3.33. The summed E-state index contributed by atoms with van der Waals surface area (Å²) in [7, 11) is 0. The number of allylic oxidation sites excluding steroid dienone is 19. The Morgan fingerprint density at radius 1 is 0.373 bits per heavy atom. The van der Waals surface area contributed by atoms with Gasteiger partial charge in [-0.2, -0.15) is 0 Å². The summed E-state index contributed by atoms with van der Waals surface area (Å²) < 4.78 is 0. The molecule has 0 radical (unpaired) electrons. The van der Waals surface area contributed by atoms with Crippen LogP contribution in [0.3, 0.4) is 0 Å². The molecule has 4 heteroatoms. The van der Waals surface area contributed by atoms with Gasteiger partial charge in [0.15, 0.2) is 0 Å². The summed E-state index contributed by atoms with van der Waals surface area (Å²) in [6.07, 6.45) is 87.8. The first-order chi connectivity index (χ1) is 33.2. The lowest BCUT2D eigenvalue weighted by molar-refractivity contribution is -0.123. The Kier molecular flexibility index (Phi) is 54.4. The zero-order valence-electron chi connectivity index (χ0n) is 43.9. The molecule has 0 rings (SSSR count). The van der Waals surface area contributed by atoms with Gasteiger partial charge in [0.2, 0.25) is 5.91 Å². The second-order valence-corrected chi connectivity index (χ2v) is 18.6. The van der Waals surface area contributed by atoms with Gasteiger partial charge in [-0.3, -0.25) is 4.79 Å². The third kappa shape index (κ3) is 53.6. The van der Waals surface area contributed by atoms with Crippen molar-refractivity contribution in [1.29, 1.82) is 0 Å². The fourth-order valence-electron chi connectivity index (χ4n) is 7.94. The summed E-state index contributed by atoms with van der Waals surface area (Å²) in [5, 5.41) is 23.1. The third-order valence-electron chi connectivity index (χ3n) is 12.2. The number of nitrogens with one attached hydrogen (secondary N) is 1. The molecule has 4 nitrogen and oxygen atoms in total. The van der Waals surface area contributed by atoms with Crippen LogP contribution in [-0.4, -0.2) is 34.9 Å². The third-order valence-corrected chi connectivity index (χ3v) is 12.2. The summed E-state index contributed by atoms with van der Waals surface area (Å²) in [6, 6.07) is -0.628. The molecule has 0 aromatic rings. The molecule has 0 bridgehead atoms. The molecule has 0 spiro atoms. The van der Waals surface area contributed by atoms with Crippen molar-refractivity contribution in [2.24, 2.45) is 0 Å². The van der Waals surface area contributed by atoms with Crippen LogP contribution in [0.15, 0.2) is 122 Å². The average molecular weight is 927 g/mol. The molecule has 0 aromatic carbocycles. The van der Waals surface area contributed by atoms with Gasteiger partial charge in [0.1, 0.15) is 0 Å². The van der Waals surface area contributed by atoms with Gasteiger partial charge in [-0.05, 0) is 89.9 Å². The first kappa shape index (κ1) is 63.8. The predicted octanol–water partition coefficient (Wildman–Crippen LogP) is 18.9. The number of unbranched alkanes of at least 4 members (excludes halogenated alkanes) is 25. The van der Waals surface area contributed by atoms with Crippen molar-refractivity contribution >= 4 is 5.91 Å². The first-order valence-electron chi connectivity index (χ1n) is 28.2. The van der Waals surface area contributed by atoms with Gasteiger partial charge >= 0.3 is 0 Å². The van der Waals surface area contributed by atoms with Crippen molar-refractivity contribution in [3.63, 3.8) is 0 Å². The maximum Gasteiger partial charge on any atom is 0.220 e. The number of amides is 1. The molecule has 382 valence electrons. The van der Waals surface area contributed by atoms with Crippen LogP contribution in [0, 0.1) is 0 Å². The highest BCUT2D eigenvalue weighted by molar-refractivity contribution is 5.76. The van der Waals surface area contributed by atoms with E-state index in [9.17, 15) is 15.0 Å². The maximum atomic E-state index is 12.4. The van der Waals surface area contributed by atoms with Gasteiger partial charge in [0, 0.05) is 6.42 Å². The molecular formula is C63H107NO3. The molecule has 0 aliphatic carbocycles. The summed E-state index contributed by atoms with van der Waals surface area (Å²) in [4.78, 5) is 12.4. The molecule has 0 aliphatic rings. The SMILES string of the molecule is CC/C=C\C/C=C\C/C=C\C/C=C\C/C=C\C/C=C\C/C=C\C/C=C\C/C=C\CCCCCCCCCCCCCCCC(=O)NC(CO)C(O)/C=C/CCCCCCCCCCCCCC. The summed E-state index contributed by atoms with van der Waals surface area (Å²) >= 11 is 0. The molecular weight excluding hydrogens is 819 g/mol. The van der Waals surface area contributed by atoms with E-state index in [1.54, 1.807) is 6.08 Å². The minimum atomic E-state index is -0.845. The van der Waals surface area contributed by atoms with Gasteiger partial charge in [-0.1, -0.05) is 277 Å². The van der Waals surface area contributed by atoms with E-state index in [0.717, 1.165) is 83.5 Å². The molecule has 0 heterocycles. The van der Waals surface area contributed by atoms with E-state index in [2.05, 4.69) is 129 Å². The van der Waals surface area contributed by atoms with Gasteiger partial charge in [0.25, 0.3) is 0 Å². The number of hydrogen-bond donors (Lipinski definition) is 3. The molecule has 2 unspecified atom stereocenters. The largest absolute Gasteiger partial charge is 0.394 e. The lowest BCUT2D eigenvalue weighted by atomic mass is 10.0. The van der Waals surface area contributed by atoms with Gasteiger partial charge < -0.3 is 15.5 Å². The van der Waals surface area contributed by atoms with Crippen molar-refractivity contribution in [2.75, 3.05) is 6.61 Å². The Morgan fingerprint density at radius 3 is 0.985 bits per heavy atom. The highest BCUT2D eigenvalue weighted by Gasteiger charge is 2.18. The Bertz CT molecular complexity index is 1330. The Labute approximate surface area is 416 Å². The fourth-order valence-corrected chi connectivity index (χ4v) is 7.94. The monoisotopic (exact) mass is 926 g/mol. The molecule has 0 saturated carbocycles. The molecule has 2 atom stereocenters. The standard InChI is InChI=1S/C63H107NO3/c1-3-5-7-9-11-13-15-17-19-20-21-22-23-24-25-26-27-28-29-30-31-32-33-34-35-36-37-38-39-40-41-42-43-44-45-47-49-51-53-55-57-59-63(67)64-61(60-65)62(66)58-56-54-52-50-48-46-18-16-14-12-10-8-6-4-2/h5,7,11,13,17,19,21-22,24-25,27-28,30-31,33-34,36-37,56,58,61-62,65-66H,3-4,6,8-10,12,14-16,18,20,23,26,29,32,35,38-55,57,59-60H2,1-2H3,(H,64,67)/b7-5-,13-11-,19-17-,22-21-,25-24-,28-27-,31-30-,34-33-,37-36-,58-56+. The fraction of sp³-hybridized carbons (Fsp3) is 0.667. The van der Waals surface area contributed by atoms with E-state index in [-0.39, 0.29) is 12.5 Å². The van der Waals surface area contributed by atoms with Crippen molar-refractivity contribution in [3.8, 4) is 0 Å². The number of rotatable bonds is 50. The zero-order valence-corrected chi connectivity index (χ0v) is 43.9. The predicted molar refractivity (Wildman–Crippen MR) is 299 cm³/mol. The Morgan fingerprint density at radius 2 is 0.657 bits per heavy atom. The van der Waals surface area contributed by atoms with Crippen LogP contribution in [-0.2, 0) is 4.79 Å². The summed E-state index contributed by atoms with van der Waals surface area (Å²) in [5.41, 5.74) is 0. The van der Waals surface area contributed by atoms with Crippen molar-refractivity contribution in [2.45, 2.75) is 264 Å². The molecule has 0 fully saturated rings. The smallest absolute Gasteiger partial charge is 0.220 e. The lowest BCUT2D eigenvalue weighted by Crippen LogP contribution is -2.45. The van der Waals surface area contributed by atoms with Gasteiger partial charge in [-0.25, -0.2) is 0 Å². The molecule has 1 amide bonds. The van der Waals surface area contributed by atoms with Crippen LogP contribution in [0.25, 0.3) is 0 Å². The van der Waals surface area contributed by atoms with Crippen LogP contribution in [0.5, 0.6) is 0 Å². The zero-order chi connectivity index (χ0) is 48.5. The number of carbonyl (C=O) groups excluding carboxylic acids is 1. The second-order valence-electron chi connectivity index (χ2n) is 18.6. The lowest BCUT2D eigenvalue weighted by Gasteiger charge is -2.20. The van der Waals surface area contributed by atoms with E-state index >= 15 is 0 Å². The van der Waals surface area contributed by atoms with Crippen molar-refractivity contribution < 1.29 is 15.0 Å². The van der Waals surface area contributed by atoms with Crippen molar-refractivity contribution in [1.82, 2.24) is 5.32 Å². The van der Waals surface area contributed by atoms with Gasteiger partial charge in [-0.15, -0.1) is 0 Å². The highest BCUT2D eigenvalue weighted by Crippen LogP contribution is 2.15. The van der Waals surface area contributed by atoms with Crippen LogP contribution in [0.4, 0.5) is 0 Å². The molecule has 0 aliphatic heterocycles. The van der Waals surface area contributed by atoms with Crippen molar-refractivity contribution in [3.05, 3.63) is 122 Å². The van der Waals surface area contributed by atoms with Crippen LogP contribution >= 0.6 is 0 Å². The molecule has 0 aromatic heterocycles. The first-order valence-corrected chi connectivity index (χ1v) is 28.2. The van der Waals surface area contributed by atoms with E-state index in [4.69, 9.17) is 0 Å². The van der Waals surface area contributed by atoms with E-state index in [0.29, 0.717) is 6.42 Å². The Balaban J connectivity index is 3.56. The molecule has 0 saturated heterocycles. The van der Waals surface area contributed by atoms with Crippen LogP contribution in [0.2, 0.25) is 0 Å². The molecule has 3 N–H and O–H groups in total. The Hall–Kier alpha value is -3.21. The summed E-state index contributed by atoms with van der Waals surface area (Å²) in [6.45, 7) is 4.19. The topological polar surface area (TPSA) is 69.6 Å². The number of hydrogen-bond acceptors (Lipinski definition) is 3. The normalized spacial score (nSPS) is 13.8. The quantitative estimate of drug-likeness (QED) is 0.0421. The van der Waals surface area contributed by atoms with Crippen LogP contribution in [0.1, 0.15) is 251 Å². The van der Waals surface area contributed by atoms with E-state index in [1.807, 2.05) is 6.08 Å². The van der Waals surface area contributed by atoms with E-state index < -0.39 is 12.1 Å². The van der Waals surface area contributed by atoms with Crippen LogP contribution < -0.4 is 5.32 Å². The summed E-state index contributed by atoms with van der Waals surface area (Å²) in [5.74, 6) is -0.0693. The molecule has 67 heavy (non-hydrogen) atoms. The van der Waals surface area contributed by atoms with Gasteiger partial charge in [0.05, 0.1) is 18.8 Å². The number of carbonyl (C=O) groups is 1. The number of aliphatic hydroxyl groups excluding tert-OH is 2. The minimum Gasteiger partial charge on any atom is -0.394 e. The van der Waals surface area contributed by atoms with E-state index in [1.165, 1.54) is 148 Å².